The second-order valence-electron chi connectivity index (χ2n) is 5.00. The van der Waals surface area contributed by atoms with E-state index in [0.717, 1.165) is 6.42 Å². The van der Waals surface area contributed by atoms with Gasteiger partial charge in [0.1, 0.15) is 5.75 Å². The van der Waals surface area contributed by atoms with Crippen molar-refractivity contribution in [2.75, 3.05) is 12.4 Å². The zero-order valence-corrected chi connectivity index (χ0v) is 11.9. The quantitative estimate of drug-likeness (QED) is 0.769. The van der Waals surface area contributed by atoms with Gasteiger partial charge in [-0.3, -0.25) is 4.21 Å². The van der Waals surface area contributed by atoms with Gasteiger partial charge in [-0.05, 0) is 45.4 Å². The smallest absolute Gasteiger partial charge is 0.120 e. The molecule has 98 valence electrons. The molecule has 1 rings (SSSR count). The van der Waals surface area contributed by atoms with Crippen molar-refractivity contribution in [2.45, 2.75) is 31.9 Å². The lowest BCUT2D eigenvalue weighted by Crippen LogP contribution is -2.24. The van der Waals surface area contributed by atoms with Crippen LogP contribution in [0.1, 0.15) is 32.8 Å². The van der Waals surface area contributed by atoms with Crippen LogP contribution in [0.5, 0.6) is 5.75 Å². The second kappa shape index (κ2) is 6.55. The highest BCUT2D eigenvalue weighted by Gasteiger charge is 2.18. The third-order valence-electron chi connectivity index (χ3n) is 2.39. The topological polar surface area (TPSA) is 50.1 Å². The first-order chi connectivity index (χ1) is 8.43. The molecule has 1 atom stereocenters. The lowest BCUT2D eigenvalue weighted by atomic mass is 10.2. The molecule has 3 nitrogen and oxygen atoms in total. The zero-order chi connectivity index (χ0) is 13.6. The number of nitrogens with zero attached hydrogens (tertiary/aromatic N) is 1. The van der Waals surface area contributed by atoms with E-state index in [1.165, 1.54) is 0 Å². The maximum atomic E-state index is 11.8. The normalized spacial score (nSPS) is 12.8. The first-order valence-electron chi connectivity index (χ1n) is 5.95. The Morgan fingerprint density at radius 1 is 1.39 bits per heavy atom. The molecule has 0 heterocycles. The van der Waals surface area contributed by atoms with Crippen LogP contribution in [0.25, 0.3) is 0 Å². The van der Waals surface area contributed by atoms with E-state index >= 15 is 0 Å². The Balaban J connectivity index is 2.34. The molecule has 0 radical (unpaired) electrons. The van der Waals surface area contributed by atoms with Crippen LogP contribution in [0, 0.1) is 11.3 Å². The third kappa shape index (κ3) is 4.89. The highest BCUT2D eigenvalue weighted by atomic mass is 32.2. The Morgan fingerprint density at radius 3 is 2.72 bits per heavy atom. The molecule has 18 heavy (non-hydrogen) atoms. The Kier molecular flexibility index (Phi) is 5.36. The molecule has 4 heteroatoms. The summed E-state index contributed by atoms with van der Waals surface area (Å²) in [5.41, 5.74) is 0.589. The molecule has 0 aliphatic carbocycles. The fourth-order valence-electron chi connectivity index (χ4n) is 1.34. The van der Waals surface area contributed by atoms with Crippen LogP contribution in [-0.2, 0) is 10.8 Å². The van der Waals surface area contributed by atoms with Crippen molar-refractivity contribution in [1.82, 2.24) is 0 Å². The van der Waals surface area contributed by atoms with Gasteiger partial charge < -0.3 is 4.74 Å². The summed E-state index contributed by atoms with van der Waals surface area (Å²) in [5.74, 6) is 1.33. The fourth-order valence-corrected chi connectivity index (χ4v) is 2.33. The minimum atomic E-state index is -0.834. The molecule has 1 aromatic carbocycles. The maximum Gasteiger partial charge on any atom is 0.120 e. The standard InChI is InChI=1S/C14H19NO2S/c1-14(2,3)18(16)9-5-8-17-13-7-4-6-12(10-13)11-15/h4,6-7,10H,5,8-9H2,1-3H3. The van der Waals surface area contributed by atoms with E-state index in [4.69, 9.17) is 10.00 Å². The monoisotopic (exact) mass is 265 g/mol. The van der Waals surface area contributed by atoms with Gasteiger partial charge in [0.2, 0.25) is 0 Å². The number of benzene rings is 1. The molecule has 0 bridgehead atoms. The lowest BCUT2D eigenvalue weighted by Gasteiger charge is -2.17. The summed E-state index contributed by atoms with van der Waals surface area (Å²) in [6.45, 7) is 6.44. The van der Waals surface area contributed by atoms with E-state index in [1.54, 1.807) is 18.2 Å². The van der Waals surface area contributed by atoms with Crippen LogP contribution in [0.15, 0.2) is 24.3 Å². The van der Waals surface area contributed by atoms with Crippen molar-refractivity contribution in [1.29, 1.82) is 5.26 Å². The van der Waals surface area contributed by atoms with Gasteiger partial charge in [-0.1, -0.05) is 6.07 Å². The molecule has 0 N–H and O–H groups in total. The number of hydrogen-bond acceptors (Lipinski definition) is 3. The van der Waals surface area contributed by atoms with Gasteiger partial charge in [-0.2, -0.15) is 5.26 Å². The van der Waals surface area contributed by atoms with Crippen LogP contribution in [-0.4, -0.2) is 21.3 Å². The minimum absolute atomic E-state index is 0.166. The van der Waals surface area contributed by atoms with Crippen LogP contribution in [0.3, 0.4) is 0 Å². The molecule has 1 aromatic rings. The van der Waals surface area contributed by atoms with Gasteiger partial charge in [0.15, 0.2) is 0 Å². The highest BCUT2D eigenvalue weighted by Crippen LogP contribution is 2.14. The SMILES string of the molecule is CC(C)(C)S(=O)CCCOc1cccc(C#N)c1. The first kappa shape index (κ1) is 14.7. The molecule has 0 saturated heterocycles. The summed E-state index contributed by atoms with van der Waals surface area (Å²) in [4.78, 5) is 0. The van der Waals surface area contributed by atoms with Gasteiger partial charge in [-0.25, -0.2) is 0 Å². The van der Waals surface area contributed by atoms with Crippen LogP contribution >= 0.6 is 0 Å². The highest BCUT2D eigenvalue weighted by molar-refractivity contribution is 7.86. The number of rotatable bonds is 5. The van der Waals surface area contributed by atoms with Gasteiger partial charge in [-0.15, -0.1) is 0 Å². The molecule has 0 saturated carbocycles. The van der Waals surface area contributed by atoms with Crippen LogP contribution < -0.4 is 4.74 Å². The molecule has 0 spiro atoms. The Morgan fingerprint density at radius 2 is 2.11 bits per heavy atom. The lowest BCUT2D eigenvalue weighted by molar-refractivity contribution is 0.318. The average molecular weight is 265 g/mol. The maximum absolute atomic E-state index is 11.8. The third-order valence-corrected chi connectivity index (χ3v) is 4.41. The fraction of sp³-hybridized carbons (Fsp3) is 0.500. The molecule has 0 aromatic heterocycles. The molecule has 1 unspecified atom stereocenters. The summed E-state index contributed by atoms with van der Waals surface area (Å²) < 4.78 is 17.1. The Labute approximate surface area is 111 Å². The van der Waals surface area contributed by atoms with Crippen molar-refractivity contribution in [2.24, 2.45) is 0 Å². The summed E-state index contributed by atoms with van der Waals surface area (Å²) >= 11 is 0. The first-order valence-corrected chi connectivity index (χ1v) is 7.27. The van der Waals surface area contributed by atoms with Crippen molar-refractivity contribution in [3.05, 3.63) is 29.8 Å². The van der Waals surface area contributed by atoms with E-state index in [0.29, 0.717) is 23.7 Å². The van der Waals surface area contributed by atoms with E-state index in [9.17, 15) is 4.21 Å². The van der Waals surface area contributed by atoms with Crippen LogP contribution in [0.4, 0.5) is 0 Å². The molecule has 0 fully saturated rings. The van der Waals surface area contributed by atoms with Crippen molar-refractivity contribution in [3.63, 3.8) is 0 Å². The van der Waals surface area contributed by atoms with Crippen molar-refractivity contribution in [3.8, 4) is 11.8 Å². The zero-order valence-electron chi connectivity index (χ0n) is 11.1. The molecular formula is C14H19NO2S. The summed E-state index contributed by atoms with van der Waals surface area (Å²) in [7, 11) is -0.834. The Bertz CT molecular complexity index is 458. The van der Waals surface area contributed by atoms with Crippen molar-refractivity contribution >= 4 is 10.8 Å². The Hall–Kier alpha value is -1.34. The molecule has 0 amide bonds. The van der Waals surface area contributed by atoms with E-state index in [1.807, 2.05) is 26.8 Å². The van der Waals surface area contributed by atoms with Crippen molar-refractivity contribution < 1.29 is 8.95 Å². The van der Waals surface area contributed by atoms with Gasteiger partial charge >= 0.3 is 0 Å². The predicted molar refractivity (Wildman–Crippen MR) is 74.0 cm³/mol. The number of ether oxygens (including phenoxy) is 1. The number of hydrogen-bond donors (Lipinski definition) is 0. The predicted octanol–water partition coefficient (Wildman–Crippen LogP) is 2.87. The van der Waals surface area contributed by atoms with E-state index in [-0.39, 0.29) is 4.75 Å². The number of nitriles is 1. The minimum Gasteiger partial charge on any atom is -0.494 e. The average Bonchev–Trinajstić information content (AvgIpc) is 2.33. The molecular weight excluding hydrogens is 246 g/mol. The van der Waals surface area contributed by atoms with Crippen LogP contribution in [0.2, 0.25) is 0 Å². The summed E-state index contributed by atoms with van der Waals surface area (Å²) in [6, 6.07) is 9.13. The largest absolute Gasteiger partial charge is 0.494 e. The second-order valence-corrected chi connectivity index (χ2v) is 7.33. The van der Waals surface area contributed by atoms with Gasteiger partial charge in [0, 0.05) is 21.3 Å². The summed E-state index contributed by atoms with van der Waals surface area (Å²) in [5, 5.41) is 8.75. The van der Waals surface area contributed by atoms with E-state index < -0.39 is 10.8 Å². The molecule has 0 aliphatic rings. The van der Waals surface area contributed by atoms with Gasteiger partial charge in [0.25, 0.3) is 0 Å². The molecule has 0 aliphatic heterocycles. The van der Waals surface area contributed by atoms with E-state index in [2.05, 4.69) is 6.07 Å². The summed E-state index contributed by atoms with van der Waals surface area (Å²) in [6.07, 6.45) is 0.751. The van der Waals surface area contributed by atoms with Gasteiger partial charge in [0.05, 0.1) is 18.2 Å².